The van der Waals surface area contributed by atoms with Gasteiger partial charge in [0.25, 0.3) is 5.19 Å². The highest BCUT2D eigenvalue weighted by Crippen LogP contribution is 2.26. The van der Waals surface area contributed by atoms with Crippen LogP contribution in [-0.4, -0.2) is 59.4 Å². The molecule has 0 radical (unpaired) electrons. The molecule has 1 N–H and O–H groups in total. The lowest BCUT2D eigenvalue weighted by molar-refractivity contribution is 0.107. The molecule has 1 aromatic rings. The Hall–Kier alpha value is -1.35. The number of hydrogen-bond acceptors (Lipinski definition) is 6. The number of ether oxygens (including phenoxy) is 1. The maximum atomic E-state index is 8.04. The summed E-state index contributed by atoms with van der Waals surface area (Å²) in [7, 11) is 1.78. The molecule has 1 unspecified atom stereocenters. The lowest BCUT2D eigenvalue weighted by Crippen LogP contribution is -2.41. The average molecular weight is 385 g/mol. The Kier molecular flexibility index (Phi) is 7.49. The summed E-state index contributed by atoms with van der Waals surface area (Å²) in [5.74, 6) is 1.28. The van der Waals surface area contributed by atoms with Crippen molar-refractivity contribution < 1.29 is 4.74 Å². The quantitative estimate of drug-likeness (QED) is 0.625. The third-order valence-corrected chi connectivity index (χ3v) is 6.10. The average Bonchev–Trinajstić information content (AvgIpc) is 2.99. The van der Waals surface area contributed by atoms with Gasteiger partial charge < -0.3 is 9.64 Å². The number of aromatic nitrogens is 2. The SMILES string of the molecule is C/C=N\C(=N/C)N1CCC([C@H](C)Oc2nn(C(C)SC)c(=N)s2)CC1. The van der Waals surface area contributed by atoms with Crippen molar-refractivity contribution in [3.63, 3.8) is 0 Å². The molecular weight excluding hydrogens is 356 g/mol. The number of hydrogen-bond donors (Lipinski definition) is 1. The summed E-state index contributed by atoms with van der Waals surface area (Å²) in [6.45, 7) is 7.93. The molecule has 1 saturated heterocycles. The van der Waals surface area contributed by atoms with Crippen molar-refractivity contribution in [1.29, 1.82) is 5.41 Å². The summed E-state index contributed by atoms with van der Waals surface area (Å²) in [4.78, 5) is 11.2. The van der Waals surface area contributed by atoms with Crippen LogP contribution >= 0.6 is 23.1 Å². The van der Waals surface area contributed by atoms with Gasteiger partial charge in [-0.25, -0.2) is 9.67 Å². The number of guanidine groups is 1. The molecular formula is C16H28N6OS2. The molecule has 9 heteroatoms. The molecule has 1 fully saturated rings. The first kappa shape index (κ1) is 20.0. The summed E-state index contributed by atoms with van der Waals surface area (Å²) >= 11 is 2.97. The molecule has 2 heterocycles. The summed E-state index contributed by atoms with van der Waals surface area (Å²) < 4.78 is 7.77. The van der Waals surface area contributed by atoms with E-state index >= 15 is 0 Å². The highest BCUT2D eigenvalue weighted by molar-refractivity contribution is 7.98. The summed E-state index contributed by atoms with van der Waals surface area (Å²) in [6.07, 6.45) is 5.97. The molecule has 7 nitrogen and oxygen atoms in total. The van der Waals surface area contributed by atoms with Crippen molar-refractivity contribution in [2.75, 3.05) is 26.4 Å². The molecule has 1 aliphatic rings. The molecule has 0 saturated carbocycles. The van der Waals surface area contributed by atoms with E-state index in [1.165, 1.54) is 11.3 Å². The molecule has 1 aromatic heterocycles. The first-order valence-corrected chi connectivity index (χ1v) is 10.6. The van der Waals surface area contributed by atoms with Crippen molar-refractivity contribution in [2.45, 2.75) is 45.1 Å². The summed E-state index contributed by atoms with van der Waals surface area (Å²) in [5.41, 5.74) is 0. The Morgan fingerprint density at radius 3 is 2.68 bits per heavy atom. The minimum atomic E-state index is 0.0856. The van der Waals surface area contributed by atoms with Gasteiger partial charge in [0.05, 0.1) is 5.37 Å². The first-order valence-electron chi connectivity index (χ1n) is 8.54. The van der Waals surface area contributed by atoms with Crippen LogP contribution in [0.1, 0.15) is 39.0 Å². The van der Waals surface area contributed by atoms with E-state index in [9.17, 15) is 0 Å². The van der Waals surface area contributed by atoms with Crippen LogP contribution in [0.4, 0.5) is 0 Å². The second-order valence-electron chi connectivity index (χ2n) is 6.01. The zero-order chi connectivity index (χ0) is 18.4. The number of nitrogens with one attached hydrogen (secondary N) is 1. The minimum Gasteiger partial charge on any atom is -0.466 e. The predicted molar refractivity (Wildman–Crippen MR) is 106 cm³/mol. The van der Waals surface area contributed by atoms with Crippen molar-refractivity contribution >= 4 is 35.3 Å². The first-order chi connectivity index (χ1) is 12.0. The number of thioether (sulfide) groups is 1. The third-order valence-electron chi connectivity index (χ3n) is 4.48. The van der Waals surface area contributed by atoms with Crippen LogP contribution in [0.25, 0.3) is 0 Å². The third kappa shape index (κ3) is 5.07. The van der Waals surface area contributed by atoms with E-state index in [-0.39, 0.29) is 11.5 Å². The van der Waals surface area contributed by atoms with Crippen LogP contribution in [-0.2, 0) is 0 Å². The summed E-state index contributed by atoms with van der Waals surface area (Å²) in [5, 5.41) is 13.2. The highest BCUT2D eigenvalue weighted by atomic mass is 32.2. The summed E-state index contributed by atoms with van der Waals surface area (Å²) in [6, 6.07) is 0. The predicted octanol–water partition coefficient (Wildman–Crippen LogP) is 2.86. The molecule has 140 valence electrons. The fourth-order valence-electron chi connectivity index (χ4n) is 2.90. The monoisotopic (exact) mass is 384 g/mol. The molecule has 0 aliphatic carbocycles. The van der Waals surface area contributed by atoms with Gasteiger partial charge in [-0.1, -0.05) is 0 Å². The Morgan fingerprint density at radius 1 is 1.44 bits per heavy atom. The van der Waals surface area contributed by atoms with Gasteiger partial charge in [-0.15, -0.1) is 16.9 Å². The Labute approximate surface area is 157 Å². The Morgan fingerprint density at radius 2 is 2.12 bits per heavy atom. The van der Waals surface area contributed by atoms with Gasteiger partial charge in [0.1, 0.15) is 6.10 Å². The van der Waals surface area contributed by atoms with Crippen LogP contribution < -0.4 is 9.54 Å². The Bertz CT molecular complexity index is 660. The van der Waals surface area contributed by atoms with E-state index < -0.39 is 0 Å². The van der Waals surface area contributed by atoms with Gasteiger partial charge in [0, 0.05) is 26.4 Å². The van der Waals surface area contributed by atoms with Crippen molar-refractivity contribution in [3.8, 4) is 5.19 Å². The maximum absolute atomic E-state index is 8.04. The van der Waals surface area contributed by atoms with Crippen molar-refractivity contribution in [3.05, 3.63) is 4.80 Å². The smallest absolute Gasteiger partial charge is 0.294 e. The number of aliphatic imine (C=N–C) groups is 2. The van der Waals surface area contributed by atoms with E-state index in [0.717, 1.165) is 31.9 Å². The van der Waals surface area contributed by atoms with Gasteiger partial charge in [0.15, 0.2) is 0 Å². The number of piperidine rings is 1. The van der Waals surface area contributed by atoms with Gasteiger partial charge in [-0.3, -0.25) is 10.4 Å². The van der Waals surface area contributed by atoms with Crippen LogP contribution in [0.3, 0.4) is 0 Å². The maximum Gasteiger partial charge on any atom is 0.294 e. The van der Waals surface area contributed by atoms with E-state index in [2.05, 4.69) is 26.9 Å². The zero-order valence-electron chi connectivity index (χ0n) is 15.6. The topological polar surface area (TPSA) is 78.9 Å². The van der Waals surface area contributed by atoms with Crippen LogP contribution in [0, 0.1) is 11.3 Å². The molecule has 1 aliphatic heterocycles. The molecule has 2 rings (SSSR count). The fraction of sp³-hybridized carbons (Fsp3) is 0.750. The van der Waals surface area contributed by atoms with E-state index in [1.807, 2.05) is 20.1 Å². The van der Waals surface area contributed by atoms with E-state index in [0.29, 0.717) is 15.9 Å². The number of nitrogens with zero attached hydrogens (tertiary/aromatic N) is 5. The molecule has 0 amide bonds. The van der Waals surface area contributed by atoms with Crippen molar-refractivity contribution in [2.24, 2.45) is 15.9 Å². The molecule has 25 heavy (non-hydrogen) atoms. The second kappa shape index (κ2) is 9.38. The van der Waals surface area contributed by atoms with E-state index in [1.54, 1.807) is 29.7 Å². The fourth-order valence-corrected chi connectivity index (χ4v) is 4.10. The van der Waals surface area contributed by atoms with Gasteiger partial charge in [0.2, 0.25) is 10.8 Å². The lowest BCUT2D eigenvalue weighted by atomic mass is 9.92. The second-order valence-corrected chi connectivity index (χ2v) is 8.10. The van der Waals surface area contributed by atoms with Crippen molar-refractivity contribution in [1.82, 2.24) is 14.7 Å². The van der Waals surface area contributed by atoms with Gasteiger partial charge >= 0.3 is 0 Å². The molecule has 0 bridgehead atoms. The standard InChI is InChI=1S/C16H28N6OS2/c1-6-19-15(18-4)21-9-7-13(8-10-21)11(2)23-16-20-22(12(3)24-5)14(17)25-16/h6,11-13,17H,7-10H2,1-5H3/b17-14?,18-15+,19-6-/t11-,12?/m0/s1. The normalized spacial score (nSPS) is 19.4. The minimum absolute atomic E-state index is 0.0856. The molecule has 2 atom stereocenters. The lowest BCUT2D eigenvalue weighted by Gasteiger charge is -2.34. The molecule has 0 aromatic carbocycles. The van der Waals surface area contributed by atoms with Gasteiger partial charge in [-0.2, -0.15) is 0 Å². The van der Waals surface area contributed by atoms with Crippen LogP contribution in [0.5, 0.6) is 5.19 Å². The van der Waals surface area contributed by atoms with Crippen LogP contribution in [0.15, 0.2) is 9.98 Å². The number of rotatable bonds is 5. The van der Waals surface area contributed by atoms with E-state index in [4.69, 9.17) is 10.1 Å². The number of likely N-dealkylation sites (tertiary alicyclic amines) is 1. The van der Waals surface area contributed by atoms with Crippen LogP contribution in [0.2, 0.25) is 0 Å². The van der Waals surface area contributed by atoms with Gasteiger partial charge in [-0.05, 0) is 57.1 Å². The highest BCUT2D eigenvalue weighted by Gasteiger charge is 2.27. The zero-order valence-corrected chi connectivity index (χ0v) is 17.2. The largest absolute Gasteiger partial charge is 0.466 e. The Balaban J connectivity index is 1.93. The molecule has 0 spiro atoms.